The van der Waals surface area contributed by atoms with Crippen molar-refractivity contribution in [1.82, 2.24) is 5.32 Å². The summed E-state index contributed by atoms with van der Waals surface area (Å²) in [5.41, 5.74) is 0.944. The van der Waals surface area contributed by atoms with Crippen molar-refractivity contribution >= 4 is 23.4 Å². The van der Waals surface area contributed by atoms with Crippen LogP contribution in [-0.4, -0.2) is 30.4 Å². The molecule has 0 bridgehead atoms. The van der Waals surface area contributed by atoms with Gasteiger partial charge in [-0.3, -0.25) is 19.7 Å². The Bertz CT molecular complexity index is 877. The van der Waals surface area contributed by atoms with Gasteiger partial charge in [0.1, 0.15) is 6.61 Å². The smallest absolute Gasteiger partial charge is 0.269 e. The first-order valence-corrected chi connectivity index (χ1v) is 7.31. The first-order chi connectivity index (χ1) is 11.6. The summed E-state index contributed by atoms with van der Waals surface area (Å²) in [4.78, 5) is 35.5. The molecule has 24 heavy (non-hydrogen) atoms. The molecule has 1 atom stereocenters. The second-order valence-corrected chi connectivity index (χ2v) is 5.40. The summed E-state index contributed by atoms with van der Waals surface area (Å²) in [6, 6.07) is 11.6. The van der Waals surface area contributed by atoms with Crippen molar-refractivity contribution in [2.45, 2.75) is 6.10 Å². The standard InChI is InChI=1S/C17H12N2O5/c20-15-10-6-5-9(7-11(10)16(21)19-15)18-17(22)14-8-23-12-3-1-2-4-13(12)24-14/h1-7,14H,8H2,(H,18,22)(H,19,20,21)/t14-/m0/s1. The Hall–Kier alpha value is -3.35. The molecule has 2 aliphatic rings. The highest BCUT2D eigenvalue weighted by atomic mass is 16.6. The van der Waals surface area contributed by atoms with E-state index in [1.165, 1.54) is 12.1 Å². The molecule has 0 fully saturated rings. The third kappa shape index (κ3) is 2.36. The molecule has 7 heteroatoms. The van der Waals surface area contributed by atoms with Crippen molar-refractivity contribution in [1.29, 1.82) is 0 Å². The quantitative estimate of drug-likeness (QED) is 0.813. The molecular weight excluding hydrogens is 312 g/mol. The molecule has 2 heterocycles. The van der Waals surface area contributed by atoms with Crippen LogP contribution in [-0.2, 0) is 4.79 Å². The van der Waals surface area contributed by atoms with Crippen molar-refractivity contribution in [2.75, 3.05) is 11.9 Å². The summed E-state index contributed by atoms with van der Waals surface area (Å²) in [5.74, 6) is -0.211. The second kappa shape index (κ2) is 5.38. The lowest BCUT2D eigenvalue weighted by Gasteiger charge is -2.25. The first kappa shape index (κ1) is 14.3. The van der Waals surface area contributed by atoms with Gasteiger partial charge in [-0.1, -0.05) is 12.1 Å². The van der Waals surface area contributed by atoms with Gasteiger partial charge in [-0.05, 0) is 30.3 Å². The van der Waals surface area contributed by atoms with Gasteiger partial charge < -0.3 is 14.8 Å². The summed E-state index contributed by atoms with van der Waals surface area (Å²) in [5, 5.41) is 4.87. The minimum Gasteiger partial charge on any atom is -0.485 e. The molecule has 0 radical (unpaired) electrons. The third-order valence-electron chi connectivity index (χ3n) is 3.80. The van der Waals surface area contributed by atoms with Crippen molar-refractivity contribution in [3.63, 3.8) is 0 Å². The van der Waals surface area contributed by atoms with Gasteiger partial charge in [0.05, 0.1) is 11.1 Å². The number of nitrogens with one attached hydrogen (secondary N) is 2. The minimum absolute atomic E-state index is 0.0900. The van der Waals surface area contributed by atoms with Gasteiger partial charge in [0, 0.05) is 5.69 Å². The van der Waals surface area contributed by atoms with Gasteiger partial charge >= 0.3 is 0 Å². The molecular formula is C17H12N2O5. The summed E-state index contributed by atoms with van der Waals surface area (Å²) >= 11 is 0. The maximum Gasteiger partial charge on any atom is 0.269 e. The first-order valence-electron chi connectivity index (χ1n) is 7.31. The van der Waals surface area contributed by atoms with Crippen LogP contribution in [0.25, 0.3) is 0 Å². The van der Waals surface area contributed by atoms with E-state index in [1.807, 2.05) is 6.07 Å². The summed E-state index contributed by atoms with van der Waals surface area (Å²) in [6.07, 6.45) is -0.802. The number of fused-ring (bicyclic) bond motifs is 2. The van der Waals surface area contributed by atoms with E-state index in [1.54, 1.807) is 24.3 Å². The fraction of sp³-hybridized carbons (Fsp3) is 0.118. The number of carbonyl (C=O) groups is 3. The van der Waals surface area contributed by atoms with Crippen LogP contribution >= 0.6 is 0 Å². The lowest BCUT2D eigenvalue weighted by molar-refractivity contribution is -0.125. The van der Waals surface area contributed by atoms with Crippen LogP contribution in [0.3, 0.4) is 0 Å². The number of rotatable bonds is 2. The van der Waals surface area contributed by atoms with Gasteiger partial charge in [0.2, 0.25) is 6.10 Å². The molecule has 2 aromatic carbocycles. The van der Waals surface area contributed by atoms with E-state index < -0.39 is 23.8 Å². The van der Waals surface area contributed by atoms with Gasteiger partial charge in [-0.2, -0.15) is 0 Å². The molecule has 0 aliphatic carbocycles. The Morgan fingerprint density at radius 1 is 1.04 bits per heavy atom. The highest BCUT2D eigenvalue weighted by Gasteiger charge is 2.29. The predicted octanol–water partition coefficient (Wildman–Crippen LogP) is 1.35. The summed E-state index contributed by atoms with van der Waals surface area (Å²) in [7, 11) is 0. The highest BCUT2D eigenvalue weighted by Crippen LogP contribution is 2.31. The number of carbonyl (C=O) groups excluding carboxylic acids is 3. The Morgan fingerprint density at radius 2 is 1.79 bits per heavy atom. The lowest BCUT2D eigenvalue weighted by atomic mass is 10.1. The maximum atomic E-state index is 12.3. The molecule has 0 unspecified atom stereocenters. The molecule has 2 N–H and O–H groups in total. The van der Waals surface area contributed by atoms with E-state index in [2.05, 4.69) is 10.6 Å². The largest absolute Gasteiger partial charge is 0.485 e. The SMILES string of the molecule is O=C1NC(=O)c2cc(NC(=O)[C@@H]3COc4ccccc4O3)ccc21. The number of amides is 3. The number of hydrogen-bond donors (Lipinski definition) is 2. The van der Waals surface area contributed by atoms with Crippen LogP contribution < -0.4 is 20.1 Å². The van der Waals surface area contributed by atoms with E-state index in [0.717, 1.165) is 0 Å². The Morgan fingerprint density at radius 3 is 2.62 bits per heavy atom. The van der Waals surface area contributed by atoms with E-state index in [0.29, 0.717) is 22.7 Å². The monoisotopic (exact) mass is 324 g/mol. The van der Waals surface area contributed by atoms with Crippen LogP contribution in [0.5, 0.6) is 11.5 Å². The number of para-hydroxylation sites is 2. The molecule has 2 aromatic rings. The highest BCUT2D eigenvalue weighted by molar-refractivity contribution is 6.22. The summed E-state index contributed by atoms with van der Waals surface area (Å²) in [6.45, 7) is 0.0900. The summed E-state index contributed by atoms with van der Waals surface area (Å²) < 4.78 is 11.1. The molecule has 3 amide bonds. The number of anilines is 1. The average molecular weight is 324 g/mol. The number of hydrogen-bond acceptors (Lipinski definition) is 5. The van der Waals surface area contributed by atoms with Crippen molar-refractivity contribution in [3.8, 4) is 11.5 Å². The van der Waals surface area contributed by atoms with Crippen LogP contribution in [0.2, 0.25) is 0 Å². The van der Waals surface area contributed by atoms with Gasteiger partial charge in [0.25, 0.3) is 17.7 Å². The molecule has 0 saturated carbocycles. The van der Waals surface area contributed by atoms with Gasteiger partial charge in [0.15, 0.2) is 11.5 Å². The zero-order chi connectivity index (χ0) is 16.7. The number of imide groups is 1. The fourth-order valence-corrected chi connectivity index (χ4v) is 2.62. The fourth-order valence-electron chi connectivity index (χ4n) is 2.62. The maximum absolute atomic E-state index is 12.3. The minimum atomic E-state index is -0.802. The Labute approximate surface area is 136 Å². The molecule has 7 nitrogen and oxygen atoms in total. The molecule has 0 spiro atoms. The van der Waals surface area contributed by atoms with Gasteiger partial charge in [-0.25, -0.2) is 0 Å². The third-order valence-corrected chi connectivity index (χ3v) is 3.80. The van der Waals surface area contributed by atoms with Crippen LogP contribution in [0.4, 0.5) is 5.69 Å². The van der Waals surface area contributed by atoms with E-state index in [4.69, 9.17) is 9.47 Å². The predicted molar refractivity (Wildman–Crippen MR) is 83.2 cm³/mol. The average Bonchev–Trinajstić information content (AvgIpc) is 2.88. The van der Waals surface area contributed by atoms with Crippen LogP contribution in [0.1, 0.15) is 20.7 Å². The van der Waals surface area contributed by atoms with E-state index >= 15 is 0 Å². The molecule has 2 aliphatic heterocycles. The molecule has 0 aromatic heterocycles. The number of benzene rings is 2. The Kier molecular flexibility index (Phi) is 3.19. The zero-order valence-corrected chi connectivity index (χ0v) is 12.4. The van der Waals surface area contributed by atoms with Crippen molar-refractivity contribution in [2.24, 2.45) is 0 Å². The number of ether oxygens (including phenoxy) is 2. The van der Waals surface area contributed by atoms with E-state index in [9.17, 15) is 14.4 Å². The van der Waals surface area contributed by atoms with Crippen molar-refractivity contribution in [3.05, 3.63) is 53.6 Å². The van der Waals surface area contributed by atoms with Crippen molar-refractivity contribution < 1.29 is 23.9 Å². The lowest BCUT2D eigenvalue weighted by Crippen LogP contribution is -2.40. The normalized spacial score (nSPS) is 17.9. The molecule has 4 rings (SSSR count). The zero-order valence-electron chi connectivity index (χ0n) is 12.4. The Balaban J connectivity index is 1.51. The topological polar surface area (TPSA) is 93.7 Å². The van der Waals surface area contributed by atoms with Crippen LogP contribution in [0.15, 0.2) is 42.5 Å². The van der Waals surface area contributed by atoms with Gasteiger partial charge in [-0.15, -0.1) is 0 Å². The molecule has 120 valence electrons. The van der Waals surface area contributed by atoms with E-state index in [-0.39, 0.29) is 12.2 Å². The molecule has 0 saturated heterocycles. The second-order valence-electron chi connectivity index (χ2n) is 5.40. The van der Waals surface area contributed by atoms with Crippen LogP contribution in [0, 0.1) is 0 Å².